The molecule has 4 aromatic rings. The van der Waals surface area contributed by atoms with Crippen LogP contribution in [0.3, 0.4) is 0 Å². The molecule has 2 heterocycles. The van der Waals surface area contributed by atoms with Crippen molar-refractivity contribution in [2.45, 2.75) is 143 Å². The number of fused-ring (bicyclic) bond motifs is 4. The molecule has 0 spiro atoms. The summed E-state index contributed by atoms with van der Waals surface area (Å²) >= 11 is 0. The van der Waals surface area contributed by atoms with Crippen molar-refractivity contribution in [1.82, 2.24) is 0 Å². The van der Waals surface area contributed by atoms with Gasteiger partial charge >= 0.3 is 0 Å². The van der Waals surface area contributed by atoms with E-state index in [4.69, 9.17) is 7.48 Å². The van der Waals surface area contributed by atoms with Crippen LogP contribution in [0.15, 0.2) is 72.7 Å². The van der Waals surface area contributed by atoms with E-state index in [-0.39, 0.29) is 68.5 Å². The van der Waals surface area contributed by atoms with Crippen LogP contribution < -0.4 is 26.0 Å². The summed E-state index contributed by atoms with van der Waals surface area (Å²) in [7, 11) is 0. The molecule has 0 N–H and O–H groups in total. The van der Waals surface area contributed by atoms with Gasteiger partial charge in [-0.3, -0.25) is 0 Å². The fourth-order valence-corrected chi connectivity index (χ4v) is 12.4. The molecular formula is C49H60BNO. The largest absolute Gasteiger partial charge is 0.458 e. The average molecular weight is 696 g/mol. The van der Waals surface area contributed by atoms with Crippen molar-refractivity contribution in [3.8, 4) is 11.5 Å². The highest BCUT2D eigenvalue weighted by atomic mass is 16.5. The van der Waals surface area contributed by atoms with Gasteiger partial charge in [0, 0.05) is 17.1 Å². The predicted octanol–water partition coefficient (Wildman–Crippen LogP) is 11.6. The lowest BCUT2D eigenvalue weighted by molar-refractivity contribution is -0.152. The first-order chi connectivity index (χ1) is 26.6. The van der Waals surface area contributed by atoms with Crippen LogP contribution in [-0.4, -0.2) is 6.71 Å². The monoisotopic (exact) mass is 696 g/mol. The van der Waals surface area contributed by atoms with Gasteiger partial charge in [0.1, 0.15) is 11.5 Å². The highest BCUT2D eigenvalue weighted by Crippen LogP contribution is 2.74. The van der Waals surface area contributed by atoms with Crippen molar-refractivity contribution in [3.63, 3.8) is 0 Å². The molecule has 4 aromatic carbocycles. The molecule has 10 rings (SSSR count). The lowest BCUT2D eigenvalue weighted by atomic mass is 9.33. The Bertz CT molecular complexity index is 2400. The molecule has 0 atom stereocenters. The van der Waals surface area contributed by atoms with Crippen molar-refractivity contribution in [1.29, 1.82) is 0 Å². The molecule has 3 heteroatoms. The molecule has 0 saturated heterocycles. The van der Waals surface area contributed by atoms with E-state index in [2.05, 4.69) is 124 Å². The zero-order valence-corrected chi connectivity index (χ0v) is 33.6. The molecular weight excluding hydrogens is 629 g/mol. The molecule has 52 heavy (non-hydrogen) atoms. The van der Waals surface area contributed by atoms with E-state index in [1.54, 1.807) is 0 Å². The summed E-state index contributed by atoms with van der Waals surface area (Å²) in [5.41, 5.74) is 7.99. The van der Waals surface area contributed by atoms with Gasteiger partial charge in [0.05, 0.1) is 8.22 Å². The maximum Gasteiger partial charge on any atom is 0.256 e. The van der Waals surface area contributed by atoms with Crippen molar-refractivity contribution >= 4 is 40.2 Å². The molecule has 2 aliphatic heterocycles. The van der Waals surface area contributed by atoms with Gasteiger partial charge in [-0.2, -0.15) is 0 Å². The molecule has 0 radical (unpaired) electrons. The SMILES string of the molecule is [2H]c1c([2H])c([2H])c2c(c1[2H])Oc1c([2H])c(C34CC5(C)CC(C)(CC(C)(C5)C3)C4)c([2H])c3c1B2c1ccc(C(C)(C)C)cc1N3c1cc(C(C)(C)C)cc(C(C)(C)C)c1. The van der Waals surface area contributed by atoms with Gasteiger partial charge in [-0.25, -0.2) is 0 Å². The predicted molar refractivity (Wildman–Crippen MR) is 222 cm³/mol. The van der Waals surface area contributed by atoms with Gasteiger partial charge in [-0.1, -0.05) is 119 Å². The molecule has 4 aliphatic carbocycles. The van der Waals surface area contributed by atoms with Gasteiger partial charge in [0.15, 0.2) is 0 Å². The van der Waals surface area contributed by atoms with Crippen molar-refractivity contribution < 1.29 is 13.0 Å². The first-order valence-corrected chi connectivity index (χ1v) is 19.7. The van der Waals surface area contributed by atoms with Gasteiger partial charge < -0.3 is 9.64 Å². The van der Waals surface area contributed by atoms with Crippen LogP contribution in [0.2, 0.25) is 0 Å². The van der Waals surface area contributed by atoms with E-state index >= 15 is 0 Å². The van der Waals surface area contributed by atoms with Crippen LogP contribution in [0.5, 0.6) is 11.5 Å². The van der Waals surface area contributed by atoms with Gasteiger partial charge in [0.2, 0.25) is 0 Å². The Morgan fingerprint density at radius 1 is 0.615 bits per heavy atom. The second-order valence-corrected chi connectivity index (χ2v) is 21.9. The van der Waals surface area contributed by atoms with Crippen molar-refractivity contribution in [2.75, 3.05) is 4.90 Å². The van der Waals surface area contributed by atoms with Crippen LogP contribution in [0.25, 0.3) is 0 Å². The molecule has 4 fully saturated rings. The molecule has 4 bridgehead atoms. The average Bonchev–Trinajstić information content (AvgIpc) is 3.07. The van der Waals surface area contributed by atoms with E-state index in [0.717, 1.165) is 66.5 Å². The third-order valence-corrected chi connectivity index (χ3v) is 13.4. The molecule has 0 unspecified atom stereocenters. The number of anilines is 3. The zero-order chi connectivity index (χ0) is 42.2. The number of para-hydroxylation sites is 1. The molecule has 2 nitrogen and oxygen atoms in total. The lowest BCUT2D eigenvalue weighted by Crippen LogP contribution is -2.61. The summed E-state index contributed by atoms with van der Waals surface area (Å²) in [4.78, 5) is 2.28. The van der Waals surface area contributed by atoms with Crippen LogP contribution >= 0.6 is 0 Å². The van der Waals surface area contributed by atoms with Crippen LogP contribution in [-0.2, 0) is 21.7 Å². The minimum atomic E-state index is -0.672. The molecule has 6 aliphatic rings. The van der Waals surface area contributed by atoms with Crippen LogP contribution in [0.4, 0.5) is 17.1 Å². The Balaban J connectivity index is 1.46. The van der Waals surface area contributed by atoms with Gasteiger partial charge in [-0.15, -0.1) is 0 Å². The molecule has 270 valence electrons. The Labute approximate surface area is 323 Å². The van der Waals surface area contributed by atoms with E-state index in [0.29, 0.717) is 28.4 Å². The van der Waals surface area contributed by atoms with E-state index in [1.807, 2.05) is 0 Å². The summed E-state index contributed by atoms with van der Waals surface area (Å²) in [5.74, 6) is 0.422. The quantitative estimate of drug-likeness (QED) is 0.167. The van der Waals surface area contributed by atoms with Gasteiger partial charge in [0.25, 0.3) is 6.71 Å². The number of hydrogen-bond acceptors (Lipinski definition) is 2. The first kappa shape index (κ1) is 28.1. The normalized spacial score (nSPS) is 30.3. The maximum atomic E-state index is 10.7. The van der Waals surface area contributed by atoms with E-state index in [1.165, 1.54) is 11.1 Å². The molecule has 0 aromatic heterocycles. The van der Waals surface area contributed by atoms with Crippen molar-refractivity contribution in [2.24, 2.45) is 16.2 Å². The minimum absolute atomic E-state index is 0.0899. The summed E-state index contributed by atoms with van der Waals surface area (Å²) in [5, 5.41) is 0. The first-order valence-electron chi connectivity index (χ1n) is 22.7. The van der Waals surface area contributed by atoms with Crippen LogP contribution in [0, 0.1) is 16.2 Å². The highest BCUT2D eigenvalue weighted by Gasteiger charge is 2.64. The third-order valence-electron chi connectivity index (χ3n) is 13.4. The number of nitrogens with zero attached hydrogens (tertiary/aromatic N) is 1. The van der Waals surface area contributed by atoms with E-state index in [9.17, 15) is 5.48 Å². The summed E-state index contributed by atoms with van der Waals surface area (Å²) < 4.78 is 64.0. The fraction of sp³-hybridized carbons (Fsp3) is 0.510. The number of rotatable bonds is 2. The third kappa shape index (κ3) is 5.18. The molecule has 0 amide bonds. The number of hydrogen-bond donors (Lipinski definition) is 0. The summed E-state index contributed by atoms with van der Waals surface area (Å²) in [6.07, 6.45) is 6.21. The molecule has 4 saturated carbocycles. The Kier molecular flexibility index (Phi) is 5.61. The minimum Gasteiger partial charge on any atom is -0.458 e. The van der Waals surface area contributed by atoms with Crippen LogP contribution in [0.1, 0.15) is 152 Å². The smallest absolute Gasteiger partial charge is 0.256 e. The lowest BCUT2D eigenvalue weighted by Gasteiger charge is -2.69. The number of benzene rings is 4. The topological polar surface area (TPSA) is 12.5 Å². The Hall–Kier alpha value is -3.46. The van der Waals surface area contributed by atoms with Crippen molar-refractivity contribution in [3.05, 3.63) is 94.9 Å². The summed E-state index contributed by atoms with van der Waals surface area (Å²) in [6, 6.07) is 12.9. The second-order valence-electron chi connectivity index (χ2n) is 21.9. The van der Waals surface area contributed by atoms with E-state index < -0.39 is 12.1 Å². The fourth-order valence-electron chi connectivity index (χ4n) is 12.4. The standard InChI is InChI=1S/C49H60BNO/c1-43(2,3)31-17-18-36-38(22-31)51(35-20-32(44(4,5)6)19-33(21-35)45(7,8)9)39-23-34(24-41-42(39)50(36)37-15-13-14-16-40(37)52-41)49-28-46(10)25-47(11,29-49)27-48(12,26-46)30-49/h13-24H,25-30H2,1-12H3/i13D,14D,15D,16D,23D,24D. The summed E-state index contributed by atoms with van der Waals surface area (Å²) in [6.45, 7) is 26.7. The zero-order valence-electron chi connectivity index (χ0n) is 39.6. The Morgan fingerprint density at radius 3 is 1.73 bits per heavy atom. The Morgan fingerprint density at radius 2 is 1.17 bits per heavy atom. The second kappa shape index (κ2) is 10.4. The van der Waals surface area contributed by atoms with Gasteiger partial charge in [-0.05, 0) is 151 Å². The maximum absolute atomic E-state index is 10.7. The highest BCUT2D eigenvalue weighted by molar-refractivity contribution is 6.99. The number of ether oxygens (including phenoxy) is 1.